The predicted molar refractivity (Wildman–Crippen MR) is 74.4 cm³/mol. The summed E-state index contributed by atoms with van der Waals surface area (Å²) in [6, 6.07) is 7.83. The number of hydrogen-bond donors (Lipinski definition) is 1. The second kappa shape index (κ2) is 5.56. The standard InChI is InChI=1S/C12H13BrClN3/c1-2-17-10(5-6-16-17)8-15-9-3-4-11(13)12(14)7-9/h3-7,15H,2,8H2,1H3. The number of benzene rings is 1. The third kappa shape index (κ3) is 3.01. The van der Waals surface area contributed by atoms with Crippen molar-refractivity contribution in [3.63, 3.8) is 0 Å². The molecule has 0 saturated carbocycles. The maximum atomic E-state index is 6.03. The summed E-state index contributed by atoms with van der Waals surface area (Å²) in [6.07, 6.45) is 1.81. The molecule has 5 heteroatoms. The molecule has 17 heavy (non-hydrogen) atoms. The molecule has 0 radical (unpaired) electrons. The highest BCUT2D eigenvalue weighted by atomic mass is 79.9. The van der Waals surface area contributed by atoms with Gasteiger partial charge >= 0.3 is 0 Å². The van der Waals surface area contributed by atoms with E-state index in [0.717, 1.165) is 28.9 Å². The first-order valence-corrected chi connectivity index (χ1v) is 6.57. The highest BCUT2D eigenvalue weighted by Gasteiger charge is 2.02. The molecule has 0 saturated heterocycles. The number of aromatic nitrogens is 2. The van der Waals surface area contributed by atoms with Crippen molar-refractivity contribution < 1.29 is 0 Å². The van der Waals surface area contributed by atoms with Gasteiger partial charge in [0.2, 0.25) is 0 Å². The van der Waals surface area contributed by atoms with Gasteiger partial charge in [0, 0.05) is 22.9 Å². The van der Waals surface area contributed by atoms with Crippen LogP contribution >= 0.6 is 27.5 Å². The minimum atomic E-state index is 0.707. The van der Waals surface area contributed by atoms with Crippen LogP contribution < -0.4 is 5.32 Å². The van der Waals surface area contributed by atoms with Crippen molar-refractivity contribution in [1.29, 1.82) is 0 Å². The maximum absolute atomic E-state index is 6.03. The van der Waals surface area contributed by atoms with E-state index < -0.39 is 0 Å². The largest absolute Gasteiger partial charge is 0.379 e. The Morgan fingerprint density at radius 2 is 2.24 bits per heavy atom. The summed E-state index contributed by atoms with van der Waals surface area (Å²) in [5, 5.41) is 8.25. The Hall–Kier alpha value is -1.000. The van der Waals surface area contributed by atoms with E-state index in [1.165, 1.54) is 0 Å². The second-order valence-electron chi connectivity index (χ2n) is 3.62. The quantitative estimate of drug-likeness (QED) is 0.926. The first-order valence-electron chi connectivity index (χ1n) is 5.40. The molecular formula is C12H13BrClN3. The van der Waals surface area contributed by atoms with E-state index in [0.29, 0.717) is 5.02 Å². The number of hydrogen-bond acceptors (Lipinski definition) is 2. The van der Waals surface area contributed by atoms with Gasteiger partial charge in [0.05, 0.1) is 17.3 Å². The van der Waals surface area contributed by atoms with Crippen LogP contribution in [0.4, 0.5) is 5.69 Å². The van der Waals surface area contributed by atoms with Crippen LogP contribution in [0.25, 0.3) is 0 Å². The lowest BCUT2D eigenvalue weighted by Crippen LogP contribution is -2.07. The van der Waals surface area contributed by atoms with E-state index in [4.69, 9.17) is 11.6 Å². The van der Waals surface area contributed by atoms with Gasteiger partial charge in [-0.3, -0.25) is 4.68 Å². The highest BCUT2D eigenvalue weighted by Crippen LogP contribution is 2.25. The van der Waals surface area contributed by atoms with E-state index in [-0.39, 0.29) is 0 Å². The fourth-order valence-electron chi connectivity index (χ4n) is 1.59. The molecule has 0 unspecified atom stereocenters. The van der Waals surface area contributed by atoms with Gasteiger partial charge in [0.25, 0.3) is 0 Å². The molecule has 90 valence electrons. The summed E-state index contributed by atoms with van der Waals surface area (Å²) in [5.41, 5.74) is 2.16. The zero-order valence-electron chi connectivity index (χ0n) is 9.45. The average Bonchev–Trinajstić information content (AvgIpc) is 2.78. The zero-order chi connectivity index (χ0) is 12.3. The molecule has 3 nitrogen and oxygen atoms in total. The topological polar surface area (TPSA) is 29.9 Å². The van der Waals surface area contributed by atoms with Gasteiger partial charge in [-0.15, -0.1) is 0 Å². The van der Waals surface area contributed by atoms with Gasteiger partial charge in [-0.05, 0) is 47.1 Å². The molecule has 0 aliphatic heterocycles. The molecule has 0 aliphatic carbocycles. The number of nitrogens with one attached hydrogen (secondary N) is 1. The fourth-order valence-corrected chi connectivity index (χ4v) is 2.02. The third-order valence-electron chi connectivity index (χ3n) is 2.50. The smallest absolute Gasteiger partial charge is 0.0575 e. The van der Waals surface area contributed by atoms with Crippen molar-refractivity contribution in [3.05, 3.63) is 45.7 Å². The summed E-state index contributed by atoms with van der Waals surface area (Å²) < 4.78 is 2.87. The van der Waals surface area contributed by atoms with Crippen LogP contribution in [-0.4, -0.2) is 9.78 Å². The van der Waals surface area contributed by atoms with Gasteiger partial charge in [-0.2, -0.15) is 5.10 Å². The van der Waals surface area contributed by atoms with Crippen molar-refractivity contribution in [3.8, 4) is 0 Å². The van der Waals surface area contributed by atoms with E-state index in [1.807, 2.05) is 35.1 Å². The van der Waals surface area contributed by atoms with Gasteiger partial charge in [-0.25, -0.2) is 0 Å². The van der Waals surface area contributed by atoms with Gasteiger partial charge in [-0.1, -0.05) is 11.6 Å². The molecule has 1 aromatic carbocycles. The molecule has 0 atom stereocenters. The monoisotopic (exact) mass is 313 g/mol. The molecule has 1 aromatic heterocycles. The molecule has 2 rings (SSSR count). The van der Waals surface area contributed by atoms with Crippen LogP contribution in [0.2, 0.25) is 5.02 Å². The van der Waals surface area contributed by atoms with E-state index in [1.54, 1.807) is 0 Å². The SMILES string of the molecule is CCn1nccc1CNc1ccc(Br)c(Cl)c1. The van der Waals surface area contributed by atoms with Crippen LogP contribution in [0.15, 0.2) is 34.9 Å². The van der Waals surface area contributed by atoms with Crippen molar-refractivity contribution in [1.82, 2.24) is 9.78 Å². The Morgan fingerprint density at radius 1 is 1.41 bits per heavy atom. The van der Waals surface area contributed by atoms with Crippen molar-refractivity contribution in [2.24, 2.45) is 0 Å². The second-order valence-corrected chi connectivity index (χ2v) is 4.88. The Morgan fingerprint density at radius 3 is 2.94 bits per heavy atom. The summed E-state index contributed by atoms with van der Waals surface area (Å²) in [7, 11) is 0. The van der Waals surface area contributed by atoms with Crippen molar-refractivity contribution in [2.45, 2.75) is 20.0 Å². The lowest BCUT2D eigenvalue weighted by atomic mass is 10.3. The number of nitrogens with zero attached hydrogens (tertiary/aromatic N) is 2. The Labute approximate surface area is 114 Å². The molecule has 0 spiro atoms. The van der Waals surface area contributed by atoms with E-state index >= 15 is 0 Å². The van der Waals surface area contributed by atoms with Gasteiger partial charge < -0.3 is 5.32 Å². The molecule has 1 N–H and O–H groups in total. The third-order valence-corrected chi connectivity index (χ3v) is 3.73. The molecular weight excluding hydrogens is 302 g/mol. The number of anilines is 1. The molecule has 0 aliphatic rings. The maximum Gasteiger partial charge on any atom is 0.0575 e. The highest BCUT2D eigenvalue weighted by molar-refractivity contribution is 9.10. The van der Waals surface area contributed by atoms with Crippen LogP contribution in [0.3, 0.4) is 0 Å². The fraction of sp³-hybridized carbons (Fsp3) is 0.250. The Bertz CT molecular complexity index is 510. The van der Waals surface area contributed by atoms with Crippen LogP contribution in [0.1, 0.15) is 12.6 Å². The van der Waals surface area contributed by atoms with Crippen LogP contribution in [-0.2, 0) is 13.1 Å². The normalized spacial score (nSPS) is 10.5. The Kier molecular flexibility index (Phi) is 4.07. The number of aryl methyl sites for hydroxylation is 1. The molecule has 2 aromatic rings. The summed E-state index contributed by atoms with van der Waals surface area (Å²) >= 11 is 9.40. The summed E-state index contributed by atoms with van der Waals surface area (Å²) in [4.78, 5) is 0. The van der Waals surface area contributed by atoms with Gasteiger partial charge in [0.1, 0.15) is 0 Å². The average molecular weight is 315 g/mol. The van der Waals surface area contributed by atoms with Gasteiger partial charge in [0.15, 0.2) is 0 Å². The lowest BCUT2D eigenvalue weighted by molar-refractivity contribution is 0.627. The molecule has 0 bridgehead atoms. The summed E-state index contributed by atoms with van der Waals surface area (Å²) in [6.45, 7) is 3.70. The van der Waals surface area contributed by atoms with E-state index in [2.05, 4.69) is 33.3 Å². The number of rotatable bonds is 4. The summed E-state index contributed by atoms with van der Waals surface area (Å²) in [5.74, 6) is 0. The zero-order valence-corrected chi connectivity index (χ0v) is 11.8. The van der Waals surface area contributed by atoms with Crippen molar-refractivity contribution >= 4 is 33.2 Å². The van der Waals surface area contributed by atoms with Crippen LogP contribution in [0.5, 0.6) is 0 Å². The lowest BCUT2D eigenvalue weighted by Gasteiger charge is -2.08. The first kappa shape index (κ1) is 12.5. The van der Waals surface area contributed by atoms with Crippen molar-refractivity contribution in [2.75, 3.05) is 5.32 Å². The predicted octanol–water partition coefficient (Wildman–Crippen LogP) is 3.93. The first-order chi connectivity index (χ1) is 8.20. The van der Waals surface area contributed by atoms with Crippen LogP contribution in [0, 0.1) is 0 Å². The Balaban J connectivity index is 2.05. The van der Waals surface area contributed by atoms with E-state index in [9.17, 15) is 0 Å². The minimum Gasteiger partial charge on any atom is -0.379 e. The molecule has 0 amide bonds. The molecule has 1 heterocycles. The number of halogens is 2. The molecule has 0 fully saturated rings. The minimum absolute atomic E-state index is 0.707.